The molecular formula is C79H103BrF4I2N16O5S3V. The van der Waals surface area contributed by atoms with Crippen LogP contribution in [0.4, 0.5) is 41.4 Å². The monoisotopic (exact) mass is 1910 g/mol. The topological polar surface area (TPSA) is 247 Å². The molecule has 111 heavy (non-hydrogen) atoms. The van der Waals surface area contributed by atoms with Crippen molar-refractivity contribution in [1.29, 1.82) is 0 Å². The van der Waals surface area contributed by atoms with Crippen LogP contribution in [0.2, 0.25) is 0 Å². The summed E-state index contributed by atoms with van der Waals surface area (Å²) in [6.07, 6.45) is 28.5. The van der Waals surface area contributed by atoms with E-state index in [0.29, 0.717) is 32.1 Å². The Morgan fingerprint density at radius 1 is 0.486 bits per heavy atom. The van der Waals surface area contributed by atoms with E-state index in [1.54, 1.807) is 61.4 Å². The quantitative estimate of drug-likeness (QED) is 0.0242. The number of nitrogens with two attached hydrogens (primary N) is 1. The number of benzene rings is 4. The molecule has 12 rings (SSSR count). The molecule has 4 aromatic heterocycles. The molecule has 21 nitrogen and oxygen atoms in total. The second-order valence-electron chi connectivity index (χ2n) is 29.3. The number of nitrogens with one attached hydrogen (secondary N) is 1. The Morgan fingerprint density at radius 3 is 1.12 bits per heavy atom. The maximum atomic E-state index is 13.5. The van der Waals surface area contributed by atoms with Gasteiger partial charge in [-0.25, -0.2) is 80.0 Å². The molecule has 4 aromatic carbocycles. The number of anilines is 4. The third-order valence-electron chi connectivity index (χ3n) is 17.4. The minimum atomic E-state index is -1.33. The van der Waals surface area contributed by atoms with Crippen molar-refractivity contribution in [3.05, 3.63) is 213 Å². The fourth-order valence-corrected chi connectivity index (χ4v) is 12.6. The number of rotatable bonds is 15. The summed E-state index contributed by atoms with van der Waals surface area (Å²) in [5, 5.41) is 6.12. The molecule has 0 saturated carbocycles. The molecule has 0 spiro atoms. The number of halogens is 7. The molecule has 0 bridgehead atoms. The zero-order valence-corrected chi connectivity index (χ0v) is 74.9. The Kier molecular flexibility index (Phi) is 39.8. The summed E-state index contributed by atoms with van der Waals surface area (Å²) in [5.41, 5.74) is 4.51. The van der Waals surface area contributed by atoms with E-state index in [2.05, 4.69) is 146 Å². The number of amides is 1. The van der Waals surface area contributed by atoms with Gasteiger partial charge in [0, 0.05) is 142 Å². The molecule has 4 aliphatic heterocycles. The van der Waals surface area contributed by atoms with Crippen molar-refractivity contribution in [3.63, 3.8) is 0 Å². The third kappa shape index (κ3) is 32.3. The maximum absolute atomic E-state index is 13.5. The second-order valence-corrected chi connectivity index (χ2v) is 47.4. The summed E-state index contributed by atoms with van der Waals surface area (Å²) in [5.74, 6) is 1.25. The molecule has 8 heterocycles. The van der Waals surface area contributed by atoms with Crippen LogP contribution in [-0.2, 0) is 41.8 Å². The molecule has 4 saturated heterocycles. The molecule has 4 aliphatic rings. The average Bonchev–Trinajstić information content (AvgIpc) is 0.777. The summed E-state index contributed by atoms with van der Waals surface area (Å²) >= 11 is 9.56. The number of hydroxylamine groups is 2. The van der Waals surface area contributed by atoms with E-state index in [-0.39, 0.29) is 44.5 Å². The van der Waals surface area contributed by atoms with Crippen molar-refractivity contribution in [3.8, 4) is 0 Å². The van der Waals surface area contributed by atoms with Crippen molar-refractivity contribution >= 4 is 131 Å². The first-order valence-corrected chi connectivity index (χ1v) is 49.6. The van der Waals surface area contributed by atoms with Crippen LogP contribution in [0.3, 0.4) is 0 Å². The molecule has 601 valence electrons. The molecular weight excluding hydrogens is 1810 g/mol. The fraction of sp³-hybridized carbons (Fsp3) is 0.456. The van der Waals surface area contributed by atoms with Crippen LogP contribution in [0.5, 0.6) is 0 Å². The standard InChI is InChI=1S/C21H29FN4OS.C20H25FN4S.C16H16FN3O.C9H12BrN3.C9H10FNO2.C4H11NOS.2HI.V/c1-20(2,3)28(27)25-21(4,16-8-10-18(22)11-9-16)17-14-23-19(24-15-17)26-12-6-5-7-13-26;1-20(2,3)26-24-18(15-7-9-17(21)10-8-15)16-13-22-19(23-14-16)25-11-5-4-6-12-25;17-14-6-4-12(5-7-14)15(21)13-10-18-16(19-11-13)20-8-2-1-3-9-20;10-8-6-11-9(12-7-8)13-4-2-1-3-5-13;1-11(13-2)9(12)7-3-5-8(10)6-4-7;1-4(2,3)7(5)6;;;/h8-11,14-15,25H,5-7,12-13H2,1-4H3;7-10,13-14H,4-6,11-12H2,1-3H3;4-7,10-11H,1-3,8-9H2;6-7H,1-5H2;3-6H,1-2H3;5H2,1-3H3;2*1H;/q;;;;;;;;+2/p-2/t21?,28-;;;;;7-;;;/m0....0.../s1. The van der Waals surface area contributed by atoms with E-state index in [9.17, 15) is 35.6 Å². The molecule has 4 fully saturated rings. The molecule has 3 N–H and O–H groups in total. The fourth-order valence-electron chi connectivity index (χ4n) is 10.9. The Morgan fingerprint density at radius 2 is 0.793 bits per heavy atom. The van der Waals surface area contributed by atoms with Gasteiger partial charge in [-0.1, -0.05) is 12.1 Å². The van der Waals surface area contributed by atoms with Gasteiger partial charge in [0.05, 0.1) is 59.9 Å². The van der Waals surface area contributed by atoms with Gasteiger partial charge < -0.3 is 19.6 Å². The van der Waals surface area contributed by atoms with Gasteiger partial charge in [0.2, 0.25) is 23.8 Å². The zero-order valence-electron chi connectivity index (χ0n) is 65.2. The molecule has 0 radical (unpaired) electrons. The van der Waals surface area contributed by atoms with Gasteiger partial charge in [0.15, 0.2) is 5.78 Å². The number of hydrogen-bond acceptors (Lipinski definition) is 19. The predicted octanol–water partition coefficient (Wildman–Crippen LogP) is 17.5. The molecule has 3 atom stereocenters. The predicted molar refractivity (Wildman–Crippen MR) is 459 cm³/mol. The Hall–Kier alpha value is -6.02. The van der Waals surface area contributed by atoms with Gasteiger partial charge in [-0.05, 0) is 265 Å². The van der Waals surface area contributed by atoms with Gasteiger partial charge in [-0.2, -0.15) is 0 Å². The Labute approximate surface area is 699 Å². The van der Waals surface area contributed by atoms with Crippen molar-refractivity contribution in [1.82, 2.24) is 49.7 Å². The number of piperidine rings is 4. The van der Waals surface area contributed by atoms with Gasteiger partial charge >= 0.3 is 49.4 Å². The van der Waals surface area contributed by atoms with Crippen LogP contribution in [-0.4, -0.2) is 152 Å². The number of hydrogen-bond donors (Lipinski definition) is 2. The van der Waals surface area contributed by atoms with E-state index in [1.165, 1.54) is 150 Å². The first-order valence-electron chi connectivity index (χ1n) is 36.6. The summed E-state index contributed by atoms with van der Waals surface area (Å²) in [6.45, 7) is 27.6. The van der Waals surface area contributed by atoms with Crippen LogP contribution in [0, 0.1) is 23.3 Å². The summed E-state index contributed by atoms with van der Waals surface area (Å²) in [4.78, 5) is 72.5. The molecule has 1 amide bonds. The number of carbonyl (C=O) groups is 2. The SMILES string of the molecule is Brc1cnc(N2CCCCC2)nc1.CC(C)(C)SN=C(c1ccc(F)cc1)c1cnc(N2CCCCC2)nc1.CC(C)(C)[S@@](N)=O.CC(N[S@@](=O)C(C)(C)C)(c1ccc(F)cc1)c1cnc(N2CCCCC2)nc1.CON(C)C(=O)c1ccc(F)cc1.O=C(c1ccc(F)cc1)c1cnc(N2CCCCC2)nc1.[I][V][I]. The number of carbonyl (C=O) groups excluding carboxylic acids is 2. The minimum absolute atomic E-state index is 0.0140. The van der Waals surface area contributed by atoms with Crippen LogP contribution < -0.4 is 29.5 Å². The number of nitrogens with zero attached hydrogens (tertiary/aromatic N) is 14. The second kappa shape index (κ2) is 47.1. The average molecular weight is 1910 g/mol. The van der Waals surface area contributed by atoms with Crippen LogP contribution >= 0.6 is 67.8 Å². The van der Waals surface area contributed by atoms with Gasteiger partial charge in [0.1, 0.15) is 23.3 Å². The molecule has 1 unspecified atom stereocenters. The normalized spacial score (nSPS) is 15.6. The number of ketones is 1. The Balaban J connectivity index is 0.000000215. The molecule has 0 aliphatic carbocycles. The van der Waals surface area contributed by atoms with E-state index < -0.39 is 32.3 Å². The molecule has 8 aromatic rings. The first kappa shape index (κ1) is 93.8. The van der Waals surface area contributed by atoms with E-state index in [0.717, 1.165) is 133 Å². The first-order chi connectivity index (χ1) is 52.7. The van der Waals surface area contributed by atoms with Gasteiger partial charge in [-0.3, -0.25) is 19.6 Å². The Bertz CT molecular complexity index is 4170. The van der Waals surface area contributed by atoms with Crippen LogP contribution in [0.25, 0.3) is 0 Å². The summed E-state index contributed by atoms with van der Waals surface area (Å²) < 4.78 is 83.6. The summed E-state index contributed by atoms with van der Waals surface area (Å²) in [7, 11) is 0.994. The van der Waals surface area contributed by atoms with E-state index >= 15 is 0 Å². The third-order valence-corrected chi connectivity index (χ3v) is 21.5. The van der Waals surface area contributed by atoms with Crippen molar-refractivity contribution in [2.75, 3.05) is 86.1 Å². The van der Waals surface area contributed by atoms with Crippen molar-refractivity contribution in [2.24, 2.45) is 9.54 Å². The molecule has 32 heteroatoms. The van der Waals surface area contributed by atoms with Crippen LogP contribution in [0.1, 0.15) is 195 Å². The number of aromatic nitrogens is 8. The van der Waals surface area contributed by atoms with Crippen LogP contribution in [0.15, 0.2) is 156 Å². The van der Waals surface area contributed by atoms with Gasteiger partial charge in [0.25, 0.3) is 5.91 Å². The zero-order chi connectivity index (χ0) is 81.3. The summed E-state index contributed by atoms with van der Waals surface area (Å²) in [6, 6.07) is 23.4. The van der Waals surface area contributed by atoms with Crippen molar-refractivity contribution < 1.29 is 49.9 Å². The van der Waals surface area contributed by atoms with E-state index in [4.69, 9.17) is 9.54 Å². The van der Waals surface area contributed by atoms with E-state index in [1.807, 2.05) is 60.9 Å². The van der Waals surface area contributed by atoms with Crippen molar-refractivity contribution in [2.45, 2.75) is 166 Å². The van der Waals surface area contributed by atoms with Gasteiger partial charge in [-0.15, -0.1) is 0 Å².